The van der Waals surface area contributed by atoms with Gasteiger partial charge in [-0.2, -0.15) is 0 Å². The summed E-state index contributed by atoms with van der Waals surface area (Å²) in [6.45, 7) is 1.48. The summed E-state index contributed by atoms with van der Waals surface area (Å²) in [6.07, 6.45) is 8.83. The van der Waals surface area contributed by atoms with Crippen molar-refractivity contribution >= 4 is 5.91 Å². The quantitative estimate of drug-likeness (QED) is 0.505. The van der Waals surface area contributed by atoms with Crippen LogP contribution in [0.5, 0.6) is 0 Å². The Kier molecular flexibility index (Phi) is 7.34. The van der Waals surface area contributed by atoms with Crippen LogP contribution in [0, 0.1) is 5.92 Å². The first-order chi connectivity index (χ1) is 16.6. The molecule has 2 aromatic carbocycles. The lowest BCUT2D eigenvalue weighted by molar-refractivity contribution is -0.134. The zero-order valence-electron chi connectivity index (χ0n) is 20.3. The highest BCUT2D eigenvalue weighted by Crippen LogP contribution is 2.42. The lowest BCUT2D eigenvalue weighted by Gasteiger charge is -2.38. The van der Waals surface area contributed by atoms with Crippen molar-refractivity contribution in [2.45, 2.75) is 81.3 Å². The molecule has 2 aliphatic carbocycles. The smallest absolute Gasteiger partial charge is 0.223 e. The van der Waals surface area contributed by atoms with Crippen LogP contribution in [-0.2, 0) is 4.79 Å². The first-order valence-electron chi connectivity index (χ1n) is 13.4. The Morgan fingerprint density at radius 2 is 1.62 bits per heavy atom. The SMILES string of the molecule is O=C(CC(c1ccccc1)C1CCCCC1)N1CCC(F)(CNC2CC2c2ccccc2)CC1. The van der Waals surface area contributed by atoms with E-state index in [1.54, 1.807) is 0 Å². The minimum atomic E-state index is -1.21. The van der Waals surface area contributed by atoms with Gasteiger partial charge in [0.05, 0.1) is 0 Å². The molecule has 0 aromatic heterocycles. The molecule has 34 heavy (non-hydrogen) atoms. The lowest BCUT2D eigenvalue weighted by Crippen LogP contribution is -2.49. The van der Waals surface area contributed by atoms with Crippen molar-refractivity contribution in [3.8, 4) is 0 Å². The van der Waals surface area contributed by atoms with Crippen LogP contribution in [0.15, 0.2) is 60.7 Å². The molecule has 3 nitrogen and oxygen atoms in total. The molecular formula is C30H39FN2O. The number of alkyl halides is 1. The van der Waals surface area contributed by atoms with Gasteiger partial charge in [0.25, 0.3) is 0 Å². The summed E-state index contributed by atoms with van der Waals surface area (Å²) in [4.78, 5) is 15.2. The standard InChI is InChI=1S/C30H39FN2O/c31-30(22-32-28-20-27(28)25-14-8-3-9-15-25)16-18-33(19-17-30)29(34)21-26(23-10-4-1-5-11-23)24-12-6-2-7-13-24/h1,3-5,8-11,14-15,24,26-28,32H,2,6-7,12-13,16-22H2. The second-order valence-corrected chi connectivity index (χ2v) is 10.9. The predicted molar refractivity (Wildman–Crippen MR) is 136 cm³/mol. The maximum absolute atomic E-state index is 15.5. The van der Waals surface area contributed by atoms with Gasteiger partial charge in [0.1, 0.15) is 5.67 Å². The normalized spacial score (nSPS) is 25.6. The fourth-order valence-electron chi connectivity index (χ4n) is 6.25. The molecule has 1 amide bonds. The Labute approximate surface area is 204 Å². The Bertz CT molecular complexity index is 919. The van der Waals surface area contributed by atoms with Gasteiger partial charge in [0.2, 0.25) is 5.91 Å². The van der Waals surface area contributed by atoms with Gasteiger partial charge in [-0.25, -0.2) is 4.39 Å². The van der Waals surface area contributed by atoms with Gasteiger partial charge in [-0.15, -0.1) is 0 Å². The maximum atomic E-state index is 15.5. The number of likely N-dealkylation sites (tertiary alicyclic amines) is 1. The molecule has 0 spiro atoms. The number of rotatable bonds is 8. The number of amides is 1. The third-order valence-corrected chi connectivity index (χ3v) is 8.55. The number of piperidine rings is 1. The molecule has 2 saturated carbocycles. The highest BCUT2D eigenvalue weighted by molar-refractivity contribution is 5.77. The minimum Gasteiger partial charge on any atom is -0.342 e. The van der Waals surface area contributed by atoms with Gasteiger partial charge >= 0.3 is 0 Å². The van der Waals surface area contributed by atoms with E-state index in [1.807, 2.05) is 17.0 Å². The first-order valence-corrected chi connectivity index (χ1v) is 13.4. The van der Waals surface area contributed by atoms with E-state index in [0.29, 0.717) is 56.8 Å². The van der Waals surface area contributed by atoms with Crippen LogP contribution in [0.2, 0.25) is 0 Å². The molecular weight excluding hydrogens is 423 g/mol. The summed E-state index contributed by atoms with van der Waals surface area (Å²) in [5.74, 6) is 1.60. The van der Waals surface area contributed by atoms with Crippen molar-refractivity contribution in [3.05, 3.63) is 71.8 Å². The summed E-state index contributed by atoms with van der Waals surface area (Å²) in [6, 6.07) is 21.5. The van der Waals surface area contributed by atoms with Crippen LogP contribution < -0.4 is 5.32 Å². The fourth-order valence-corrected chi connectivity index (χ4v) is 6.25. The van der Waals surface area contributed by atoms with Gasteiger partial charge in [0, 0.05) is 50.9 Å². The van der Waals surface area contributed by atoms with Crippen molar-refractivity contribution in [1.82, 2.24) is 10.2 Å². The highest BCUT2D eigenvalue weighted by Gasteiger charge is 2.42. The minimum absolute atomic E-state index is 0.209. The topological polar surface area (TPSA) is 32.3 Å². The second kappa shape index (κ2) is 10.6. The molecule has 2 aromatic rings. The van der Waals surface area contributed by atoms with Gasteiger partial charge in [-0.1, -0.05) is 79.9 Å². The van der Waals surface area contributed by atoms with E-state index >= 15 is 4.39 Å². The number of carbonyl (C=O) groups excluding carboxylic acids is 1. The summed E-state index contributed by atoms with van der Waals surface area (Å²) in [5.41, 5.74) is 1.43. The van der Waals surface area contributed by atoms with Gasteiger partial charge in [-0.3, -0.25) is 4.79 Å². The van der Waals surface area contributed by atoms with Crippen LogP contribution in [0.25, 0.3) is 0 Å². The van der Waals surface area contributed by atoms with Crippen molar-refractivity contribution in [3.63, 3.8) is 0 Å². The van der Waals surface area contributed by atoms with Gasteiger partial charge in [-0.05, 0) is 42.2 Å². The number of hydrogen-bond donors (Lipinski definition) is 1. The fraction of sp³-hybridized carbons (Fsp3) is 0.567. The molecule has 1 heterocycles. The van der Waals surface area contributed by atoms with E-state index in [1.165, 1.54) is 43.2 Å². The van der Waals surface area contributed by atoms with Crippen molar-refractivity contribution < 1.29 is 9.18 Å². The highest BCUT2D eigenvalue weighted by atomic mass is 19.1. The van der Waals surface area contributed by atoms with E-state index in [4.69, 9.17) is 0 Å². The number of benzene rings is 2. The van der Waals surface area contributed by atoms with Gasteiger partial charge in [0.15, 0.2) is 0 Å². The Morgan fingerprint density at radius 3 is 2.29 bits per heavy atom. The average molecular weight is 463 g/mol. The number of carbonyl (C=O) groups is 1. The molecule has 5 rings (SSSR count). The van der Waals surface area contributed by atoms with Crippen molar-refractivity contribution in [2.75, 3.05) is 19.6 Å². The number of halogens is 1. The summed E-state index contributed by atoms with van der Waals surface area (Å²) < 4.78 is 15.5. The Balaban J connectivity index is 1.12. The van der Waals surface area contributed by atoms with Crippen LogP contribution in [-0.4, -0.2) is 42.2 Å². The summed E-state index contributed by atoms with van der Waals surface area (Å²) in [7, 11) is 0. The van der Waals surface area contributed by atoms with Crippen LogP contribution in [0.4, 0.5) is 4.39 Å². The van der Waals surface area contributed by atoms with E-state index in [9.17, 15) is 4.79 Å². The van der Waals surface area contributed by atoms with Crippen molar-refractivity contribution in [1.29, 1.82) is 0 Å². The molecule has 0 radical (unpaired) electrons. The number of hydrogen-bond acceptors (Lipinski definition) is 2. The molecule has 1 aliphatic heterocycles. The first kappa shape index (κ1) is 23.5. The largest absolute Gasteiger partial charge is 0.342 e. The number of nitrogens with zero attached hydrogens (tertiary/aromatic N) is 1. The maximum Gasteiger partial charge on any atom is 0.223 e. The Morgan fingerprint density at radius 1 is 0.971 bits per heavy atom. The zero-order valence-corrected chi connectivity index (χ0v) is 20.3. The molecule has 1 saturated heterocycles. The number of nitrogens with one attached hydrogen (secondary N) is 1. The molecule has 3 aliphatic rings. The molecule has 0 bridgehead atoms. The van der Waals surface area contributed by atoms with Crippen LogP contribution in [0.1, 0.15) is 80.8 Å². The predicted octanol–water partition coefficient (Wildman–Crippen LogP) is 6.22. The Hall–Kier alpha value is -2.20. The monoisotopic (exact) mass is 462 g/mol. The molecule has 182 valence electrons. The third-order valence-electron chi connectivity index (χ3n) is 8.55. The molecule has 3 atom stereocenters. The van der Waals surface area contributed by atoms with Crippen LogP contribution >= 0.6 is 0 Å². The lowest BCUT2D eigenvalue weighted by atomic mass is 9.75. The molecule has 1 N–H and O–H groups in total. The molecule has 4 heteroatoms. The van der Waals surface area contributed by atoms with Gasteiger partial charge < -0.3 is 10.2 Å². The zero-order chi connectivity index (χ0) is 23.4. The van der Waals surface area contributed by atoms with E-state index in [2.05, 4.69) is 53.8 Å². The van der Waals surface area contributed by atoms with E-state index < -0.39 is 5.67 Å². The average Bonchev–Trinajstić information content (AvgIpc) is 3.68. The van der Waals surface area contributed by atoms with Crippen LogP contribution in [0.3, 0.4) is 0 Å². The summed E-state index contributed by atoms with van der Waals surface area (Å²) >= 11 is 0. The van der Waals surface area contributed by atoms with E-state index in [0.717, 1.165) is 6.42 Å². The van der Waals surface area contributed by atoms with Crippen molar-refractivity contribution in [2.24, 2.45) is 5.92 Å². The summed E-state index contributed by atoms with van der Waals surface area (Å²) in [5, 5.41) is 3.48. The van der Waals surface area contributed by atoms with E-state index in [-0.39, 0.29) is 11.8 Å². The third kappa shape index (κ3) is 5.71. The molecule has 3 fully saturated rings. The second-order valence-electron chi connectivity index (χ2n) is 10.9. The molecule has 3 unspecified atom stereocenters.